The van der Waals surface area contributed by atoms with E-state index in [1.807, 2.05) is 0 Å². The van der Waals surface area contributed by atoms with Crippen molar-refractivity contribution in [2.45, 2.75) is 31.7 Å². The maximum absolute atomic E-state index is 12.1. The molecule has 1 atom stereocenters. The molecule has 3 amide bonds. The Kier molecular flexibility index (Phi) is 3.28. The minimum atomic E-state index is -0.502. The molecule has 2 N–H and O–H groups in total. The average molecular weight is 227 g/mol. The van der Waals surface area contributed by atoms with Crippen molar-refractivity contribution >= 4 is 11.9 Å². The van der Waals surface area contributed by atoms with Crippen molar-refractivity contribution in [2.24, 2.45) is 0 Å². The number of rotatable bonds is 1. The lowest BCUT2D eigenvalue weighted by atomic mass is 10.2. The molecule has 0 saturated carbocycles. The van der Waals surface area contributed by atoms with Crippen molar-refractivity contribution in [3.8, 4) is 0 Å². The molecule has 90 valence electrons. The van der Waals surface area contributed by atoms with Gasteiger partial charge in [0.05, 0.1) is 0 Å². The zero-order valence-electron chi connectivity index (χ0n) is 9.19. The van der Waals surface area contributed by atoms with Gasteiger partial charge in [-0.1, -0.05) is 0 Å². The predicted octanol–water partition coefficient (Wildman–Crippen LogP) is 0.172. The molecule has 0 aromatic heterocycles. The molecule has 0 unspecified atom stereocenters. The van der Waals surface area contributed by atoms with Crippen LogP contribution in [0.1, 0.15) is 25.7 Å². The third-order valence-corrected chi connectivity index (χ3v) is 3.29. The summed E-state index contributed by atoms with van der Waals surface area (Å²) in [6, 6.07) is -0.568. The molecule has 6 nitrogen and oxygen atoms in total. The molecular weight excluding hydrogens is 210 g/mol. The Morgan fingerprint density at radius 1 is 1.12 bits per heavy atom. The highest BCUT2D eigenvalue weighted by Crippen LogP contribution is 2.21. The van der Waals surface area contributed by atoms with Crippen molar-refractivity contribution in [3.63, 3.8) is 0 Å². The molecule has 0 aromatic carbocycles. The number of likely N-dealkylation sites (tertiary alicyclic amines) is 2. The van der Waals surface area contributed by atoms with Crippen LogP contribution < -0.4 is 5.48 Å². The second-order valence-electron chi connectivity index (χ2n) is 4.30. The summed E-state index contributed by atoms with van der Waals surface area (Å²) in [6.45, 7) is 2.17. The number of nitrogens with one attached hydrogen (secondary N) is 1. The Bertz CT molecular complexity index is 289. The molecule has 2 aliphatic heterocycles. The van der Waals surface area contributed by atoms with E-state index in [0.717, 1.165) is 32.4 Å². The lowest BCUT2D eigenvalue weighted by Gasteiger charge is -2.28. The first-order valence-electron chi connectivity index (χ1n) is 5.73. The number of hydroxylamine groups is 1. The Labute approximate surface area is 94.2 Å². The molecule has 0 spiro atoms. The van der Waals surface area contributed by atoms with Crippen molar-refractivity contribution < 1.29 is 14.8 Å². The Hall–Kier alpha value is -1.30. The van der Waals surface area contributed by atoms with Crippen LogP contribution in [0.2, 0.25) is 0 Å². The molecule has 2 aliphatic rings. The molecule has 0 radical (unpaired) electrons. The van der Waals surface area contributed by atoms with Gasteiger partial charge in [0, 0.05) is 19.6 Å². The quantitative estimate of drug-likeness (QED) is 0.495. The van der Waals surface area contributed by atoms with Gasteiger partial charge in [-0.2, -0.15) is 0 Å². The van der Waals surface area contributed by atoms with Gasteiger partial charge >= 0.3 is 6.03 Å². The first-order valence-corrected chi connectivity index (χ1v) is 5.73. The monoisotopic (exact) mass is 227 g/mol. The minimum absolute atomic E-state index is 0.0661. The fourth-order valence-electron chi connectivity index (χ4n) is 2.43. The van der Waals surface area contributed by atoms with Crippen molar-refractivity contribution in [1.82, 2.24) is 15.3 Å². The first-order chi connectivity index (χ1) is 7.74. The van der Waals surface area contributed by atoms with Crippen molar-refractivity contribution in [2.75, 3.05) is 19.6 Å². The van der Waals surface area contributed by atoms with Gasteiger partial charge in [0.1, 0.15) is 6.04 Å². The lowest BCUT2D eigenvalue weighted by molar-refractivity contribution is -0.133. The summed E-state index contributed by atoms with van der Waals surface area (Å²) in [7, 11) is 0. The highest BCUT2D eigenvalue weighted by atomic mass is 16.5. The van der Waals surface area contributed by atoms with E-state index in [1.165, 1.54) is 0 Å². The largest absolute Gasteiger partial charge is 0.325 e. The van der Waals surface area contributed by atoms with Gasteiger partial charge in [-0.25, -0.2) is 10.3 Å². The highest BCUT2D eigenvalue weighted by Gasteiger charge is 2.36. The van der Waals surface area contributed by atoms with E-state index in [4.69, 9.17) is 5.21 Å². The smallest absolute Gasteiger partial charge is 0.320 e. The fourth-order valence-corrected chi connectivity index (χ4v) is 2.43. The SMILES string of the molecule is O=C(NO)[C@H]1CCCN1C(=O)N1CCCC1. The standard InChI is InChI=1S/C10H17N3O3/c14-9(11-16)8-4-3-7-13(8)10(15)12-5-1-2-6-12/h8,16H,1-7H2,(H,11,14)/t8-/m1/s1. The summed E-state index contributed by atoms with van der Waals surface area (Å²) in [4.78, 5) is 26.8. The van der Waals surface area contributed by atoms with Crippen LogP contribution >= 0.6 is 0 Å². The third kappa shape index (κ3) is 1.97. The average Bonchev–Trinajstić information content (AvgIpc) is 2.97. The van der Waals surface area contributed by atoms with Gasteiger partial charge in [0.25, 0.3) is 5.91 Å². The van der Waals surface area contributed by atoms with E-state index >= 15 is 0 Å². The van der Waals surface area contributed by atoms with Gasteiger partial charge in [-0.05, 0) is 25.7 Å². The molecule has 2 rings (SSSR count). The number of hydrogen-bond donors (Lipinski definition) is 2. The summed E-state index contributed by atoms with van der Waals surface area (Å²) < 4.78 is 0. The van der Waals surface area contributed by atoms with Crippen LogP contribution in [0.4, 0.5) is 4.79 Å². The topological polar surface area (TPSA) is 72.9 Å². The Morgan fingerprint density at radius 3 is 2.44 bits per heavy atom. The molecule has 2 fully saturated rings. The van der Waals surface area contributed by atoms with Gasteiger partial charge in [-0.15, -0.1) is 0 Å². The van der Waals surface area contributed by atoms with Gasteiger partial charge in [0.15, 0.2) is 0 Å². The van der Waals surface area contributed by atoms with Crippen LogP contribution in [0.15, 0.2) is 0 Å². The fraction of sp³-hybridized carbons (Fsp3) is 0.800. The van der Waals surface area contributed by atoms with E-state index in [0.29, 0.717) is 13.0 Å². The molecule has 0 aromatic rings. The van der Waals surface area contributed by atoms with Crippen LogP contribution in [0.25, 0.3) is 0 Å². The van der Waals surface area contributed by atoms with Gasteiger partial charge in [0.2, 0.25) is 0 Å². The zero-order chi connectivity index (χ0) is 11.5. The molecule has 2 heterocycles. The van der Waals surface area contributed by atoms with Crippen LogP contribution in [0.5, 0.6) is 0 Å². The molecule has 0 bridgehead atoms. The third-order valence-electron chi connectivity index (χ3n) is 3.29. The number of amides is 3. The van der Waals surface area contributed by atoms with Crippen molar-refractivity contribution in [1.29, 1.82) is 0 Å². The highest BCUT2D eigenvalue weighted by molar-refractivity contribution is 5.87. The summed E-state index contributed by atoms with van der Waals surface area (Å²) >= 11 is 0. The maximum atomic E-state index is 12.1. The maximum Gasteiger partial charge on any atom is 0.320 e. The zero-order valence-corrected chi connectivity index (χ0v) is 9.19. The van der Waals surface area contributed by atoms with Crippen LogP contribution in [0, 0.1) is 0 Å². The van der Waals surface area contributed by atoms with Crippen LogP contribution in [0.3, 0.4) is 0 Å². The summed E-state index contributed by atoms with van der Waals surface area (Å²) in [5.41, 5.74) is 1.63. The van der Waals surface area contributed by atoms with E-state index in [9.17, 15) is 9.59 Å². The molecular formula is C10H17N3O3. The molecule has 16 heavy (non-hydrogen) atoms. The Balaban J connectivity index is 2.01. The predicted molar refractivity (Wildman–Crippen MR) is 55.9 cm³/mol. The van der Waals surface area contributed by atoms with Gasteiger partial charge in [-0.3, -0.25) is 10.0 Å². The van der Waals surface area contributed by atoms with E-state index in [-0.39, 0.29) is 6.03 Å². The van der Waals surface area contributed by atoms with Crippen LogP contribution in [-0.4, -0.2) is 52.6 Å². The van der Waals surface area contributed by atoms with E-state index in [2.05, 4.69) is 0 Å². The Morgan fingerprint density at radius 2 is 1.81 bits per heavy atom. The number of nitrogens with zero attached hydrogens (tertiary/aromatic N) is 2. The minimum Gasteiger partial charge on any atom is -0.325 e. The number of carbonyl (C=O) groups is 2. The number of urea groups is 1. The summed E-state index contributed by atoms with van der Waals surface area (Å²) in [5.74, 6) is -0.481. The van der Waals surface area contributed by atoms with E-state index in [1.54, 1.807) is 15.3 Å². The van der Waals surface area contributed by atoms with Crippen LogP contribution in [-0.2, 0) is 4.79 Å². The number of hydrogen-bond acceptors (Lipinski definition) is 3. The molecule has 2 saturated heterocycles. The summed E-state index contributed by atoms with van der Waals surface area (Å²) in [5, 5.41) is 8.61. The normalized spacial score (nSPS) is 24.9. The second-order valence-corrected chi connectivity index (χ2v) is 4.30. The van der Waals surface area contributed by atoms with Gasteiger partial charge < -0.3 is 9.80 Å². The number of carbonyl (C=O) groups excluding carboxylic acids is 2. The lowest BCUT2D eigenvalue weighted by Crippen LogP contribution is -2.49. The second kappa shape index (κ2) is 4.69. The molecule has 0 aliphatic carbocycles. The summed E-state index contributed by atoms with van der Waals surface area (Å²) in [6.07, 6.45) is 3.52. The first kappa shape index (κ1) is 11.2. The van der Waals surface area contributed by atoms with E-state index < -0.39 is 11.9 Å². The molecule has 6 heteroatoms. The van der Waals surface area contributed by atoms with Crippen molar-refractivity contribution in [3.05, 3.63) is 0 Å².